The van der Waals surface area contributed by atoms with Crippen molar-refractivity contribution >= 4 is 57.2 Å². The van der Waals surface area contributed by atoms with Crippen molar-refractivity contribution < 1.29 is 28.9 Å². The average Bonchev–Trinajstić information content (AvgIpc) is 3.63. The number of aromatic carboxylic acids is 1. The second-order valence-corrected chi connectivity index (χ2v) is 12.3. The lowest BCUT2D eigenvalue weighted by molar-refractivity contribution is -0.122. The lowest BCUT2D eigenvalue weighted by Crippen LogP contribution is -2.38. The monoisotopic (exact) mass is 644 g/mol. The van der Waals surface area contributed by atoms with Gasteiger partial charge in [-0.3, -0.25) is 19.7 Å². The number of carbonyl (C=O) groups is 2. The van der Waals surface area contributed by atoms with Gasteiger partial charge in [-0.05, 0) is 66.1 Å². The summed E-state index contributed by atoms with van der Waals surface area (Å²) in [4.78, 5) is 28.8. The van der Waals surface area contributed by atoms with E-state index in [2.05, 4.69) is 21.2 Å². The number of benzene rings is 3. The number of thiocarbonyl (C=S) groups is 1. The van der Waals surface area contributed by atoms with Gasteiger partial charge in [0.2, 0.25) is 0 Å². The smallest absolute Gasteiger partial charge is 0.335 e. The highest BCUT2D eigenvalue weighted by molar-refractivity contribution is 8.26. The Kier molecular flexibility index (Phi) is 9.75. The van der Waals surface area contributed by atoms with Crippen LogP contribution < -0.4 is 9.47 Å². The molecular formula is C33H32N4O6S2. The summed E-state index contributed by atoms with van der Waals surface area (Å²) < 4.78 is 18.0. The zero-order valence-corrected chi connectivity index (χ0v) is 26.1. The van der Waals surface area contributed by atoms with Gasteiger partial charge in [-0.15, -0.1) is 0 Å². The predicted octanol–water partition coefficient (Wildman–Crippen LogP) is 5.31. The Bertz CT molecular complexity index is 1730. The molecule has 2 fully saturated rings. The van der Waals surface area contributed by atoms with Crippen molar-refractivity contribution in [3.63, 3.8) is 0 Å². The van der Waals surface area contributed by atoms with Gasteiger partial charge in [-0.25, -0.2) is 4.79 Å². The molecule has 3 heterocycles. The maximum absolute atomic E-state index is 13.3. The molecule has 0 radical (unpaired) electrons. The first kappa shape index (κ1) is 30.8. The summed E-state index contributed by atoms with van der Waals surface area (Å²) in [5, 5.41) is 17.3. The number of thioether (sulfide) groups is 1. The largest absolute Gasteiger partial charge is 0.494 e. The van der Waals surface area contributed by atoms with Gasteiger partial charge in [-0.1, -0.05) is 42.2 Å². The minimum atomic E-state index is -0.987. The molecule has 2 aliphatic heterocycles. The molecular weight excluding hydrogens is 613 g/mol. The van der Waals surface area contributed by atoms with E-state index in [4.69, 9.17) is 31.5 Å². The molecule has 232 valence electrons. The number of hydrogen-bond donors (Lipinski definition) is 2. The van der Waals surface area contributed by atoms with E-state index < -0.39 is 5.97 Å². The number of amides is 1. The Morgan fingerprint density at radius 3 is 2.67 bits per heavy atom. The number of rotatable bonds is 12. The van der Waals surface area contributed by atoms with E-state index in [1.165, 1.54) is 23.9 Å². The third-order valence-electron chi connectivity index (χ3n) is 7.59. The summed E-state index contributed by atoms with van der Waals surface area (Å²) in [5.41, 5.74) is 3.89. The topological polar surface area (TPSA) is 117 Å². The third-order valence-corrected chi connectivity index (χ3v) is 8.97. The van der Waals surface area contributed by atoms with Crippen LogP contribution in [0.25, 0.3) is 28.1 Å². The number of nitrogens with one attached hydrogen (secondary N) is 1. The first-order valence-electron chi connectivity index (χ1n) is 14.7. The Morgan fingerprint density at radius 1 is 1.04 bits per heavy atom. The number of fused-ring (bicyclic) bond motifs is 1. The van der Waals surface area contributed by atoms with Crippen molar-refractivity contribution in [1.82, 2.24) is 20.0 Å². The van der Waals surface area contributed by atoms with Gasteiger partial charge in [0.05, 0.1) is 42.0 Å². The van der Waals surface area contributed by atoms with Crippen molar-refractivity contribution in [1.29, 1.82) is 0 Å². The van der Waals surface area contributed by atoms with Crippen LogP contribution in [0.1, 0.15) is 22.3 Å². The summed E-state index contributed by atoms with van der Waals surface area (Å²) >= 11 is 6.83. The minimum absolute atomic E-state index is 0.137. The molecule has 3 aromatic carbocycles. The summed E-state index contributed by atoms with van der Waals surface area (Å²) in [6.45, 7) is 5.44. The minimum Gasteiger partial charge on any atom is -0.494 e. The van der Waals surface area contributed by atoms with Crippen LogP contribution in [-0.4, -0.2) is 93.9 Å². The molecule has 2 saturated heterocycles. The number of carboxylic acid groups (broad SMARTS) is 1. The third kappa shape index (κ3) is 7.54. The number of H-pyrrole nitrogens is 1. The summed E-state index contributed by atoms with van der Waals surface area (Å²) in [6.07, 6.45) is 4.23. The van der Waals surface area contributed by atoms with Crippen LogP contribution in [0.5, 0.6) is 11.5 Å². The first-order valence-corrected chi connectivity index (χ1v) is 15.9. The van der Waals surface area contributed by atoms with E-state index in [0.717, 1.165) is 66.2 Å². The Balaban J connectivity index is 1.13. The fourth-order valence-corrected chi connectivity index (χ4v) is 6.46. The summed E-state index contributed by atoms with van der Waals surface area (Å²) in [6, 6.07) is 18.3. The van der Waals surface area contributed by atoms with E-state index in [9.17, 15) is 9.59 Å². The molecule has 0 bridgehead atoms. The molecule has 10 nitrogen and oxygen atoms in total. The normalized spacial score (nSPS) is 16.5. The summed E-state index contributed by atoms with van der Waals surface area (Å²) in [7, 11) is 0. The van der Waals surface area contributed by atoms with E-state index >= 15 is 0 Å². The van der Waals surface area contributed by atoms with E-state index in [-0.39, 0.29) is 11.5 Å². The van der Waals surface area contributed by atoms with Crippen molar-refractivity contribution in [3.8, 4) is 22.6 Å². The molecule has 12 heteroatoms. The molecule has 0 spiro atoms. The molecule has 0 atom stereocenters. The van der Waals surface area contributed by atoms with Crippen LogP contribution in [0.3, 0.4) is 0 Å². The van der Waals surface area contributed by atoms with E-state index in [0.29, 0.717) is 41.2 Å². The van der Waals surface area contributed by atoms with Gasteiger partial charge in [0, 0.05) is 37.1 Å². The van der Waals surface area contributed by atoms with Gasteiger partial charge in [0.1, 0.15) is 22.4 Å². The second-order valence-electron chi connectivity index (χ2n) is 10.6. The number of carbonyl (C=O) groups excluding carboxylic acids is 1. The highest BCUT2D eigenvalue weighted by Gasteiger charge is 2.31. The standard InChI is InChI=1S/C33H32N4O6S2/c38-31-30(45-33(44)37(31)10-1-14-42-26-7-5-23(6-8-26)32(39)40)19-22-2-9-29(43-17-13-36-11-15-41-16-12-36)27(18-22)24-3-4-25-21-34-35-28(25)20-24/h2-9,18-21H,1,10-17H2,(H,34,35)(H,39,40)/b30-19-. The van der Waals surface area contributed by atoms with Crippen molar-refractivity contribution in [2.75, 3.05) is 52.6 Å². The van der Waals surface area contributed by atoms with Crippen molar-refractivity contribution in [3.05, 3.63) is 82.9 Å². The average molecular weight is 645 g/mol. The fourth-order valence-electron chi connectivity index (χ4n) is 5.15. The molecule has 0 unspecified atom stereocenters. The van der Waals surface area contributed by atoms with Gasteiger partial charge in [0.25, 0.3) is 5.91 Å². The molecule has 45 heavy (non-hydrogen) atoms. The molecule has 1 amide bonds. The van der Waals surface area contributed by atoms with E-state index in [1.54, 1.807) is 23.2 Å². The Hall–Kier alpha value is -4.23. The fraction of sp³-hybridized carbons (Fsp3) is 0.273. The number of aromatic nitrogens is 2. The molecule has 1 aromatic heterocycles. The molecule has 6 rings (SSSR count). The van der Waals surface area contributed by atoms with Crippen LogP contribution in [0.4, 0.5) is 0 Å². The van der Waals surface area contributed by atoms with Gasteiger partial charge in [-0.2, -0.15) is 5.10 Å². The van der Waals surface area contributed by atoms with Crippen LogP contribution in [-0.2, 0) is 9.53 Å². The van der Waals surface area contributed by atoms with Gasteiger partial charge < -0.3 is 19.3 Å². The van der Waals surface area contributed by atoms with Crippen LogP contribution in [0.15, 0.2) is 71.8 Å². The lowest BCUT2D eigenvalue weighted by atomic mass is 10.0. The number of aromatic amines is 1. The van der Waals surface area contributed by atoms with Crippen LogP contribution in [0.2, 0.25) is 0 Å². The van der Waals surface area contributed by atoms with Crippen LogP contribution in [0, 0.1) is 0 Å². The van der Waals surface area contributed by atoms with Crippen LogP contribution >= 0.6 is 24.0 Å². The SMILES string of the molecule is O=C(O)c1ccc(OCCCN2C(=O)/C(=C/c3ccc(OCCN4CCOCC4)c(-c4ccc5cn[nH]c5c4)c3)SC2=S)cc1. The number of nitrogens with zero attached hydrogens (tertiary/aromatic N) is 3. The number of hydrogen-bond acceptors (Lipinski definition) is 9. The van der Waals surface area contributed by atoms with Crippen molar-refractivity contribution in [2.24, 2.45) is 0 Å². The molecule has 2 N–H and O–H groups in total. The predicted molar refractivity (Wildman–Crippen MR) is 178 cm³/mol. The Morgan fingerprint density at radius 2 is 1.87 bits per heavy atom. The van der Waals surface area contributed by atoms with Gasteiger partial charge >= 0.3 is 5.97 Å². The highest BCUT2D eigenvalue weighted by Crippen LogP contribution is 2.36. The zero-order valence-electron chi connectivity index (χ0n) is 24.4. The number of ether oxygens (including phenoxy) is 3. The molecule has 0 aliphatic carbocycles. The first-order chi connectivity index (χ1) is 21.9. The van der Waals surface area contributed by atoms with E-state index in [1.807, 2.05) is 36.4 Å². The Labute approximate surface area is 269 Å². The summed E-state index contributed by atoms with van der Waals surface area (Å²) in [5.74, 6) is 0.215. The quantitative estimate of drug-likeness (QED) is 0.119. The highest BCUT2D eigenvalue weighted by atomic mass is 32.2. The number of carboxylic acids is 1. The zero-order chi connectivity index (χ0) is 31.2. The maximum atomic E-state index is 13.3. The number of morpholine rings is 1. The molecule has 0 saturated carbocycles. The molecule has 2 aliphatic rings. The van der Waals surface area contributed by atoms with Crippen molar-refractivity contribution in [2.45, 2.75) is 6.42 Å². The lowest BCUT2D eigenvalue weighted by Gasteiger charge is -2.26. The second kappa shape index (κ2) is 14.2. The van der Waals surface area contributed by atoms with Gasteiger partial charge in [0.15, 0.2) is 0 Å². The maximum Gasteiger partial charge on any atom is 0.335 e. The molecule has 4 aromatic rings.